The van der Waals surface area contributed by atoms with Crippen LogP contribution in [0, 0.1) is 0 Å². The number of aliphatic carboxylic acids is 1. The number of carboxylic acid groups (broad SMARTS) is 1. The summed E-state index contributed by atoms with van der Waals surface area (Å²) in [6.07, 6.45) is 1.05. The summed E-state index contributed by atoms with van der Waals surface area (Å²) in [5.41, 5.74) is 0. The molecule has 0 saturated heterocycles. The minimum atomic E-state index is -3.84. The molecular formula is C12H25N3O5S. The molecule has 0 fully saturated rings. The van der Waals surface area contributed by atoms with E-state index in [1.807, 2.05) is 13.8 Å². The lowest BCUT2D eigenvalue weighted by molar-refractivity contribution is -0.137. The standard InChI is InChI=1S/C12H25N3O5S/c1-4-7-13-11(16)10-15(8-5-2)21(19,20)14(3)9-6-12(17)18/h4-10H2,1-3H3,(H,13,16)(H,17,18). The topological polar surface area (TPSA) is 107 Å². The molecule has 1 amide bonds. The molecule has 0 aromatic heterocycles. The van der Waals surface area contributed by atoms with E-state index >= 15 is 0 Å². The normalized spacial score (nSPS) is 11.9. The highest BCUT2D eigenvalue weighted by Crippen LogP contribution is 2.08. The highest BCUT2D eigenvalue weighted by Gasteiger charge is 2.28. The summed E-state index contributed by atoms with van der Waals surface area (Å²) in [6.45, 7) is 4.03. The first-order valence-electron chi connectivity index (χ1n) is 6.95. The van der Waals surface area contributed by atoms with E-state index in [0.29, 0.717) is 13.0 Å². The Bertz CT molecular complexity index is 438. The highest BCUT2D eigenvalue weighted by atomic mass is 32.2. The van der Waals surface area contributed by atoms with E-state index in [9.17, 15) is 18.0 Å². The van der Waals surface area contributed by atoms with Crippen molar-refractivity contribution in [2.45, 2.75) is 33.1 Å². The van der Waals surface area contributed by atoms with Gasteiger partial charge in [0, 0.05) is 26.7 Å². The molecule has 0 unspecified atom stereocenters. The van der Waals surface area contributed by atoms with Crippen LogP contribution in [0.15, 0.2) is 0 Å². The van der Waals surface area contributed by atoms with E-state index in [-0.39, 0.29) is 32.0 Å². The molecule has 0 rings (SSSR count). The fourth-order valence-electron chi connectivity index (χ4n) is 1.57. The van der Waals surface area contributed by atoms with Crippen molar-refractivity contribution < 1.29 is 23.1 Å². The maximum atomic E-state index is 12.3. The van der Waals surface area contributed by atoms with Gasteiger partial charge in [-0.1, -0.05) is 13.8 Å². The Morgan fingerprint density at radius 3 is 2.24 bits per heavy atom. The summed E-state index contributed by atoms with van der Waals surface area (Å²) in [4.78, 5) is 22.2. The number of rotatable bonds is 11. The summed E-state index contributed by atoms with van der Waals surface area (Å²) in [5, 5.41) is 11.2. The van der Waals surface area contributed by atoms with Crippen LogP contribution in [-0.2, 0) is 19.8 Å². The molecule has 8 nitrogen and oxygen atoms in total. The summed E-state index contributed by atoms with van der Waals surface area (Å²) >= 11 is 0. The van der Waals surface area contributed by atoms with Gasteiger partial charge in [-0.25, -0.2) is 0 Å². The number of hydrogen-bond donors (Lipinski definition) is 2. The quantitative estimate of drug-likeness (QED) is 0.551. The number of hydrogen-bond acceptors (Lipinski definition) is 4. The third-order valence-electron chi connectivity index (χ3n) is 2.73. The second-order valence-corrected chi connectivity index (χ2v) is 6.69. The highest BCUT2D eigenvalue weighted by molar-refractivity contribution is 7.86. The van der Waals surface area contributed by atoms with Gasteiger partial charge in [0.15, 0.2) is 0 Å². The van der Waals surface area contributed by atoms with Gasteiger partial charge in [0.05, 0.1) is 13.0 Å². The number of carbonyl (C=O) groups is 2. The zero-order valence-electron chi connectivity index (χ0n) is 12.8. The second-order valence-electron chi connectivity index (χ2n) is 4.66. The summed E-state index contributed by atoms with van der Waals surface area (Å²) in [7, 11) is -2.53. The molecule has 0 radical (unpaired) electrons. The Balaban J connectivity index is 4.81. The average molecular weight is 323 g/mol. The monoisotopic (exact) mass is 323 g/mol. The third-order valence-corrected chi connectivity index (χ3v) is 4.66. The van der Waals surface area contributed by atoms with Crippen LogP contribution in [0.4, 0.5) is 0 Å². The predicted octanol–water partition coefficient (Wildman–Crippen LogP) is -0.124. The number of nitrogens with zero attached hydrogens (tertiary/aromatic N) is 2. The Hall–Kier alpha value is -1.19. The molecule has 0 aliphatic carbocycles. The number of carboxylic acids is 1. The summed E-state index contributed by atoms with van der Waals surface area (Å²) in [6, 6.07) is 0. The first kappa shape index (κ1) is 19.8. The van der Waals surface area contributed by atoms with Crippen LogP contribution in [0.25, 0.3) is 0 Å². The van der Waals surface area contributed by atoms with Crippen molar-refractivity contribution in [3.63, 3.8) is 0 Å². The van der Waals surface area contributed by atoms with Gasteiger partial charge < -0.3 is 10.4 Å². The van der Waals surface area contributed by atoms with E-state index in [1.165, 1.54) is 7.05 Å². The van der Waals surface area contributed by atoms with Crippen LogP contribution in [0.3, 0.4) is 0 Å². The van der Waals surface area contributed by atoms with E-state index in [4.69, 9.17) is 5.11 Å². The van der Waals surface area contributed by atoms with E-state index < -0.39 is 16.2 Å². The average Bonchev–Trinajstić information content (AvgIpc) is 2.41. The molecule has 0 bridgehead atoms. The Labute approximate surface area is 126 Å². The molecule has 124 valence electrons. The SMILES string of the molecule is CCCNC(=O)CN(CCC)S(=O)(=O)N(C)CCC(=O)O. The Morgan fingerprint density at radius 1 is 1.14 bits per heavy atom. The van der Waals surface area contributed by atoms with Crippen molar-refractivity contribution >= 4 is 22.1 Å². The second kappa shape index (κ2) is 9.69. The summed E-state index contributed by atoms with van der Waals surface area (Å²) < 4.78 is 26.7. The van der Waals surface area contributed by atoms with Gasteiger partial charge in [-0.3, -0.25) is 9.59 Å². The minimum Gasteiger partial charge on any atom is -0.481 e. The lowest BCUT2D eigenvalue weighted by Gasteiger charge is -2.26. The predicted molar refractivity (Wildman–Crippen MR) is 79.0 cm³/mol. The first-order valence-corrected chi connectivity index (χ1v) is 8.35. The van der Waals surface area contributed by atoms with E-state index in [2.05, 4.69) is 5.32 Å². The molecule has 0 atom stereocenters. The fourth-order valence-corrected chi connectivity index (χ4v) is 2.98. The minimum absolute atomic E-state index is 0.130. The Kier molecular flexibility index (Phi) is 9.14. The van der Waals surface area contributed by atoms with Crippen molar-refractivity contribution in [2.75, 3.05) is 33.2 Å². The van der Waals surface area contributed by atoms with Gasteiger partial charge in [0.1, 0.15) is 0 Å². The van der Waals surface area contributed by atoms with Crippen LogP contribution in [0.5, 0.6) is 0 Å². The molecule has 0 heterocycles. The van der Waals surface area contributed by atoms with Crippen LogP contribution in [0.2, 0.25) is 0 Å². The van der Waals surface area contributed by atoms with Crippen LogP contribution in [0.1, 0.15) is 33.1 Å². The molecule has 0 saturated carbocycles. The molecule has 0 aromatic carbocycles. The van der Waals surface area contributed by atoms with Crippen molar-refractivity contribution in [2.24, 2.45) is 0 Å². The largest absolute Gasteiger partial charge is 0.481 e. The fraction of sp³-hybridized carbons (Fsp3) is 0.833. The zero-order valence-corrected chi connectivity index (χ0v) is 13.6. The molecule has 2 N–H and O–H groups in total. The first-order chi connectivity index (χ1) is 9.75. The van der Waals surface area contributed by atoms with Crippen molar-refractivity contribution in [3.8, 4) is 0 Å². The zero-order chi connectivity index (χ0) is 16.5. The molecule has 21 heavy (non-hydrogen) atoms. The van der Waals surface area contributed by atoms with Gasteiger partial charge in [-0.15, -0.1) is 0 Å². The Morgan fingerprint density at radius 2 is 1.76 bits per heavy atom. The maximum absolute atomic E-state index is 12.3. The number of nitrogens with one attached hydrogen (secondary N) is 1. The molecule has 0 spiro atoms. The lowest BCUT2D eigenvalue weighted by Crippen LogP contribution is -2.47. The molecule has 0 aromatic rings. The van der Waals surface area contributed by atoms with Gasteiger partial charge in [-0.2, -0.15) is 17.0 Å². The van der Waals surface area contributed by atoms with Gasteiger partial charge in [-0.05, 0) is 12.8 Å². The summed E-state index contributed by atoms with van der Waals surface area (Å²) in [5.74, 6) is -1.43. The van der Waals surface area contributed by atoms with Crippen molar-refractivity contribution in [1.29, 1.82) is 0 Å². The molecule has 0 aliphatic rings. The van der Waals surface area contributed by atoms with Crippen molar-refractivity contribution in [3.05, 3.63) is 0 Å². The van der Waals surface area contributed by atoms with E-state index in [1.54, 1.807) is 0 Å². The van der Waals surface area contributed by atoms with Crippen molar-refractivity contribution in [1.82, 2.24) is 13.9 Å². The van der Waals surface area contributed by atoms with Gasteiger partial charge in [0.2, 0.25) is 5.91 Å². The molecule has 9 heteroatoms. The smallest absolute Gasteiger partial charge is 0.304 e. The van der Waals surface area contributed by atoms with Crippen LogP contribution < -0.4 is 5.32 Å². The maximum Gasteiger partial charge on any atom is 0.304 e. The lowest BCUT2D eigenvalue weighted by atomic mass is 10.4. The van der Waals surface area contributed by atoms with Gasteiger partial charge >= 0.3 is 5.97 Å². The van der Waals surface area contributed by atoms with Gasteiger partial charge in [0.25, 0.3) is 10.2 Å². The van der Waals surface area contributed by atoms with Crippen LogP contribution in [-0.4, -0.2) is 67.2 Å². The van der Waals surface area contributed by atoms with Crippen LogP contribution >= 0.6 is 0 Å². The molecular weight excluding hydrogens is 298 g/mol. The number of amides is 1. The number of carbonyl (C=O) groups excluding carboxylic acids is 1. The molecule has 0 aliphatic heterocycles. The van der Waals surface area contributed by atoms with E-state index in [0.717, 1.165) is 15.0 Å². The third kappa shape index (κ3) is 7.39.